The van der Waals surface area contributed by atoms with Gasteiger partial charge in [0.1, 0.15) is 6.04 Å². The van der Waals surface area contributed by atoms with Gasteiger partial charge in [0.15, 0.2) is 0 Å². The topological polar surface area (TPSA) is 110 Å². The average Bonchev–Trinajstić information content (AvgIpc) is 2.61. The fourth-order valence-corrected chi connectivity index (χ4v) is 4.15. The van der Waals surface area contributed by atoms with Crippen molar-refractivity contribution in [2.45, 2.75) is 33.2 Å². The summed E-state index contributed by atoms with van der Waals surface area (Å²) < 4.78 is 26.2. The quantitative estimate of drug-likeness (QED) is 0.740. The van der Waals surface area contributed by atoms with Crippen LogP contribution in [0, 0.1) is 13.8 Å². The molecule has 1 atom stereocenters. The fourth-order valence-electron chi connectivity index (χ4n) is 2.95. The molecular formula is C20H25N3O4S. The van der Waals surface area contributed by atoms with Gasteiger partial charge < -0.3 is 11.1 Å². The number of nitrogens with one attached hydrogen (secondary N) is 1. The van der Waals surface area contributed by atoms with Crippen LogP contribution < -0.4 is 15.4 Å². The van der Waals surface area contributed by atoms with Gasteiger partial charge in [-0.2, -0.15) is 0 Å². The molecule has 0 heterocycles. The third-order valence-corrected chi connectivity index (χ3v) is 5.70. The predicted molar refractivity (Wildman–Crippen MR) is 111 cm³/mol. The van der Waals surface area contributed by atoms with E-state index < -0.39 is 27.9 Å². The maximum Gasteiger partial charge on any atom is 0.250 e. The van der Waals surface area contributed by atoms with Crippen LogP contribution in [0.3, 0.4) is 0 Å². The highest BCUT2D eigenvalue weighted by Gasteiger charge is 2.32. The Balaban J connectivity index is 2.45. The second kappa shape index (κ2) is 8.43. The lowest BCUT2D eigenvalue weighted by atomic mass is 10.1. The Morgan fingerprint density at radius 2 is 1.75 bits per heavy atom. The standard InChI is InChI=1S/C20H25N3O4S/c1-5-18(20(25)22-17-9-7-6-8-16(17)19(21)24)23(28(4,26)27)15-11-10-13(2)14(3)12-15/h6-12,18H,5H2,1-4H3,(H2,21,24)(H,22,25)/t18-/m1/s1. The molecule has 2 rings (SSSR count). The van der Waals surface area contributed by atoms with E-state index in [0.717, 1.165) is 21.7 Å². The molecule has 0 spiro atoms. The minimum atomic E-state index is -3.74. The number of primary amides is 1. The molecule has 0 fully saturated rings. The van der Waals surface area contributed by atoms with Crippen LogP contribution in [0.2, 0.25) is 0 Å². The molecule has 2 amide bonds. The van der Waals surface area contributed by atoms with Crippen LogP contribution in [0.15, 0.2) is 42.5 Å². The maximum absolute atomic E-state index is 13.0. The number of nitrogens with two attached hydrogens (primary N) is 1. The first-order valence-corrected chi connectivity index (χ1v) is 10.7. The number of anilines is 2. The SMILES string of the molecule is CC[C@H](C(=O)Nc1ccccc1C(N)=O)N(c1ccc(C)c(C)c1)S(C)(=O)=O. The van der Waals surface area contributed by atoms with Gasteiger partial charge >= 0.3 is 0 Å². The largest absolute Gasteiger partial charge is 0.366 e. The van der Waals surface area contributed by atoms with E-state index in [9.17, 15) is 18.0 Å². The Labute approximate surface area is 165 Å². The smallest absolute Gasteiger partial charge is 0.250 e. The van der Waals surface area contributed by atoms with Crippen molar-refractivity contribution in [1.82, 2.24) is 0 Å². The van der Waals surface area contributed by atoms with Gasteiger partial charge in [0.25, 0.3) is 5.91 Å². The number of hydrogen-bond donors (Lipinski definition) is 2. The number of nitrogens with zero attached hydrogens (tertiary/aromatic N) is 1. The Hall–Kier alpha value is -2.87. The summed E-state index contributed by atoms with van der Waals surface area (Å²) in [5.41, 5.74) is 8.10. The lowest BCUT2D eigenvalue weighted by molar-refractivity contribution is -0.117. The van der Waals surface area contributed by atoms with Crippen LogP contribution in [0.1, 0.15) is 34.8 Å². The fraction of sp³-hybridized carbons (Fsp3) is 0.300. The van der Waals surface area contributed by atoms with Crippen molar-refractivity contribution in [3.05, 3.63) is 59.2 Å². The predicted octanol–water partition coefficient (Wildman–Crippen LogP) is 2.59. The molecule has 2 aromatic carbocycles. The van der Waals surface area contributed by atoms with E-state index in [-0.39, 0.29) is 17.7 Å². The number of hydrogen-bond acceptors (Lipinski definition) is 4. The minimum absolute atomic E-state index is 0.155. The first kappa shape index (κ1) is 21.4. The molecule has 28 heavy (non-hydrogen) atoms. The molecule has 0 unspecified atom stereocenters. The number of benzene rings is 2. The van der Waals surface area contributed by atoms with Gasteiger partial charge in [0.2, 0.25) is 15.9 Å². The molecule has 0 radical (unpaired) electrons. The van der Waals surface area contributed by atoms with E-state index in [2.05, 4.69) is 5.32 Å². The number of carbonyl (C=O) groups excluding carboxylic acids is 2. The molecule has 0 aromatic heterocycles. The lowest BCUT2D eigenvalue weighted by Gasteiger charge is -2.30. The van der Waals surface area contributed by atoms with Crippen molar-refractivity contribution >= 4 is 33.2 Å². The van der Waals surface area contributed by atoms with Crippen LogP contribution in [-0.4, -0.2) is 32.5 Å². The van der Waals surface area contributed by atoms with E-state index in [1.54, 1.807) is 37.3 Å². The monoisotopic (exact) mass is 403 g/mol. The van der Waals surface area contributed by atoms with Crippen LogP contribution >= 0.6 is 0 Å². The number of para-hydroxylation sites is 1. The van der Waals surface area contributed by atoms with Crippen LogP contribution in [-0.2, 0) is 14.8 Å². The van der Waals surface area contributed by atoms with Gasteiger partial charge in [-0.25, -0.2) is 8.42 Å². The summed E-state index contributed by atoms with van der Waals surface area (Å²) in [6.45, 7) is 5.53. The Morgan fingerprint density at radius 1 is 1.11 bits per heavy atom. The summed E-state index contributed by atoms with van der Waals surface area (Å²) in [4.78, 5) is 24.6. The van der Waals surface area contributed by atoms with E-state index in [0.29, 0.717) is 5.69 Å². The number of carbonyl (C=O) groups is 2. The summed E-state index contributed by atoms with van der Waals surface area (Å²) in [7, 11) is -3.74. The Bertz CT molecular complexity index is 1000. The molecule has 0 bridgehead atoms. The van der Waals surface area contributed by atoms with Gasteiger partial charge in [-0.15, -0.1) is 0 Å². The third-order valence-electron chi connectivity index (χ3n) is 4.53. The summed E-state index contributed by atoms with van der Waals surface area (Å²) in [5.74, 6) is -1.22. The Morgan fingerprint density at radius 3 is 2.29 bits per heavy atom. The van der Waals surface area contributed by atoms with E-state index in [1.165, 1.54) is 6.07 Å². The second-order valence-corrected chi connectivity index (χ2v) is 8.51. The molecule has 150 valence electrons. The number of aryl methyl sites for hydroxylation is 2. The molecule has 7 nitrogen and oxygen atoms in total. The number of sulfonamides is 1. The van der Waals surface area contributed by atoms with E-state index in [1.807, 2.05) is 19.9 Å². The summed E-state index contributed by atoms with van der Waals surface area (Å²) in [6.07, 6.45) is 1.31. The highest BCUT2D eigenvalue weighted by Crippen LogP contribution is 2.26. The molecule has 0 saturated heterocycles. The zero-order valence-electron chi connectivity index (χ0n) is 16.4. The van der Waals surface area contributed by atoms with Crippen molar-refractivity contribution in [2.24, 2.45) is 5.73 Å². The van der Waals surface area contributed by atoms with Crippen LogP contribution in [0.5, 0.6) is 0 Å². The van der Waals surface area contributed by atoms with Crippen molar-refractivity contribution < 1.29 is 18.0 Å². The van der Waals surface area contributed by atoms with Gasteiger partial charge in [0, 0.05) is 0 Å². The van der Waals surface area contributed by atoms with Crippen molar-refractivity contribution in [2.75, 3.05) is 15.9 Å². The van der Waals surface area contributed by atoms with Gasteiger partial charge in [-0.3, -0.25) is 13.9 Å². The zero-order chi connectivity index (χ0) is 21.1. The van der Waals surface area contributed by atoms with Gasteiger partial charge in [-0.05, 0) is 55.7 Å². The van der Waals surface area contributed by atoms with Crippen molar-refractivity contribution in [3.63, 3.8) is 0 Å². The van der Waals surface area contributed by atoms with Crippen LogP contribution in [0.25, 0.3) is 0 Å². The molecule has 3 N–H and O–H groups in total. The van der Waals surface area contributed by atoms with Crippen molar-refractivity contribution in [3.8, 4) is 0 Å². The molecule has 0 saturated carbocycles. The third kappa shape index (κ3) is 4.69. The summed E-state index contributed by atoms with van der Waals surface area (Å²) in [6, 6.07) is 10.6. The second-order valence-electron chi connectivity index (χ2n) is 6.65. The average molecular weight is 404 g/mol. The molecule has 0 aliphatic heterocycles. The van der Waals surface area contributed by atoms with Crippen LogP contribution in [0.4, 0.5) is 11.4 Å². The summed E-state index contributed by atoms with van der Waals surface area (Å²) in [5, 5.41) is 2.65. The molecule has 0 aliphatic carbocycles. The van der Waals surface area contributed by atoms with Crippen molar-refractivity contribution in [1.29, 1.82) is 0 Å². The molecule has 8 heteroatoms. The summed E-state index contributed by atoms with van der Waals surface area (Å²) >= 11 is 0. The first-order valence-electron chi connectivity index (χ1n) is 8.82. The highest BCUT2D eigenvalue weighted by molar-refractivity contribution is 7.92. The first-order chi connectivity index (χ1) is 13.1. The number of amides is 2. The number of rotatable bonds is 7. The molecular weight excluding hydrogens is 378 g/mol. The van der Waals surface area contributed by atoms with Gasteiger partial charge in [-0.1, -0.05) is 25.1 Å². The van der Waals surface area contributed by atoms with E-state index >= 15 is 0 Å². The highest BCUT2D eigenvalue weighted by atomic mass is 32.2. The van der Waals surface area contributed by atoms with Gasteiger partial charge in [0.05, 0.1) is 23.2 Å². The van der Waals surface area contributed by atoms with E-state index in [4.69, 9.17) is 5.73 Å². The zero-order valence-corrected chi connectivity index (χ0v) is 17.2. The Kier molecular flexibility index (Phi) is 6.45. The maximum atomic E-state index is 13.0. The molecule has 0 aliphatic rings. The minimum Gasteiger partial charge on any atom is -0.366 e. The molecule has 2 aromatic rings. The normalized spacial score (nSPS) is 12.3. The lowest BCUT2D eigenvalue weighted by Crippen LogP contribution is -2.47.